The van der Waals surface area contributed by atoms with E-state index in [2.05, 4.69) is 24.3 Å². The summed E-state index contributed by atoms with van der Waals surface area (Å²) in [6.07, 6.45) is 9.50. The summed E-state index contributed by atoms with van der Waals surface area (Å²) in [5, 5.41) is 0. The van der Waals surface area contributed by atoms with Gasteiger partial charge in [0, 0.05) is 18.6 Å². The van der Waals surface area contributed by atoms with Crippen LogP contribution in [-0.4, -0.2) is 27.2 Å². The van der Waals surface area contributed by atoms with Crippen molar-refractivity contribution in [3.05, 3.63) is 24.3 Å². The van der Waals surface area contributed by atoms with Crippen molar-refractivity contribution >= 4 is 27.2 Å². The standard InChI is InChI=1S/C5H6.4CH2O.V/c1-2-4-5-3-1;4*1-2;/h1-4H,5H2;4*1H2;. The van der Waals surface area contributed by atoms with Gasteiger partial charge >= 0.3 is 0 Å². The Hall–Kier alpha value is -1.26. The van der Waals surface area contributed by atoms with Crippen LogP contribution < -0.4 is 0 Å². The number of allylic oxidation sites excluding steroid dienone is 4. The Morgan fingerprint density at radius 3 is 0.929 bits per heavy atom. The van der Waals surface area contributed by atoms with Gasteiger partial charge in [0.2, 0.25) is 0 Å². The Labute approximate surface area is 96.0 Å². The van der Waals surface area contributed by atoms with E-state index in [1.165, 1.54) is 0 Å². The van der Waals surface area contributed by atoms with Gasteiger partial charge in [0.1, 0.15) is 27.2 Å². The van der Waals surface area contributed by atoms with E-state index in [1.54, 1.807) is 0 Å². The first-order valence-electron chi connectivity index (χ1n) is 2.97. The molecule has 5 heteroatoms. The van der Waals surface area contributed by atoms with Crippen LogP contribution >= 0.6 is 0 Å². The van der Waals surface area contributed by atoms with E-state index in [9.17, 15) is 0 Å². The molecule has 0 aromatic carbocycles. The molecule has 0 spiro atoms. The molecule has 1 radical (unpaired) electrons. The molecule has 0 aliphatic heterocycles. The second-order valence-corrected chi connectivity index (χ2v) is 1.09. The second-order valence-electron chi connectivity index (χ2n) is 1.09. The van der Waals surface area contributed by atoms with Crippen LogP contribution in [0.5, 0.6) is 0 Å². The van der Waals surface area contributed by atoms with Gasteiger partial charge < -0.3 is 19.2 Å². The molecule has 1 aliphatic rings. The number of hydrogen-bond acceptors (Lipinski definition) is 4. The smallest absolute Gasteiger partial charge is 0.106 e. The van der Waals surface area contributed by atoms with E-state index in [0.29, 0.717) is 0 Å². The third kappa shape index (κ3) is 72.8. The largest absolute Gasteiger partial charge is 0.307 e. The third-order valence-electron chi connectivity index (χ3n) is 0.655. The maximum atomic E-state index is 8.00. The minimum atomic E-state index is 0. The molecule has 0 heterocycles. The van der Waals surface area contributed by atoms with Crippen LogP contribution in [0.2, 0.25) is 0 Å². The molecule has 4 nitrogen and oxygen atoms in total. The van der Waals surface area contributed by atoms with Crippen LogP contribution in [0.15, 0.2) is 24.3 Å². The number of hydrogen-bond donors (Lipinski definition) is 0. The quantitative estimate of drug-likeness (QED) is 0.623. The topological polar surface area (TPSA) is 68.3 Å². The van der Waals surface area contributed by atoms with Gasteiger partial charge in [-0.05, 0) is 6.42 Å². The first-order valence-corrected chi connectivity index (χ1v) is 2.97. The number of carbonyl (C=O) groups is 4. The predicted octanol–water partition coefficient (Wildman–Crippen LogP) is 0.760. The summed E-state index contributed by atoms with van der Waals surface area (Å²) in [7, 11) is 0. The van der Waals surface area contributed by atoms with Crippen molar-refractivity contribution in [2.75, 3.05) is 0 Å². The fourth-order valence-electron chi connectivity index (χ4n) is 0.393. The molecule has 0 bridgehead atoms. The molecule has 0 aromatic rings. The zero-order valence-corrected chi connectivity index (χ0v) is 9.32. The minimum absolute atomic E-state index is 0. The van der Waals surface area contributed by atoms with Gasteiger partial charge in [-0.1, -0.05) is 24.3 Å². The zero-order valence-electron chi connectivity index (χ0n) is 7.93. The summed E-state index contributed by atoms with van der Waals surface area (Å²) in [6.45, 7) is 8.00. The first kappa shape index (κ1) is 29.3. The molecule has 0 atom stereocenters. The van der Waals surface area contributed by atoms with Crippen molar-refractivity contribution in [3.63, 3.8) is 0 Å². The van der Waals surface area contributed by atoms with E-state index < -0.39 is 0 Å². The normalized spacial score (nSPS) is 7.43. The summed E-state index contributed by atoms with van der Waals surface area (Å²) in [5.41, 5.74) is 0. The van der Waals surface area contributed by atoms with E-state index >= 15 is 0 Å². The van der Waals surface area contributed by atoms with Gasteiger partial charge in [0.05, 0.1) is 0 Å². The molecule has 0 saturated carbocycles. The molecule has 0 aromatic heterocycles. The van der Waals surface area contributed by atoms with Gasteiger partial charge in [-0.25, -0.2) is 0 Å². The second kappa shape index (κ2) is 96.7. The zero-order chi connectivity index (χ0) is 11.5. The molecule has 0 N–H and O–H groups in total. The van der Waals surface area contributed by atoms with Crippen molar-refractivity contribution in [2.24, 2.45) is 0 Å². The van der Waals surface area contributed by atoms with E-state index in [4.69, 9.17) is 19.2 Å². The maximum absolute atomic E-state index is 8.00. The van der Waals surface area contributed by atoms with Gasteiger partial charge in [0.25, 0.3) is 0 Å². The summed E-state index contributed by atoms with van der Waals surface area (Å²) >= 11 is 0. The minimum Gasteiger partial charge on any atom is -0.307 e. The van der Waals surface area contributed by atoms with Crippen LogP contribution in [-0.2, 0) is 37.7 Å². The van der Waals surface area contributed by atoms with Crippen LogP contribution in [0, 0.1) is 0 Å². The molecule has 79 valence electrons. The Bertz CT molecular complexity index is 108. The number of rotatable bonds is 0. The summed E-state index contributed by atoms with van der Waals surface area (Å²) in [5.74, 6) is 0. The molecule has 14 heavy (non-hydrogen) atoms. The summed E-state index contributed by atoms with van der Waals surface area (Å²) in [4.78, 5) is 32.0. The molecular formula is C9H14O4V. The van der Waals surface area contributed by atoms with Crippen molar-refractivity contribution in [3.8, 4) is 0 Å². The van der Waals surface area contributed by atoms with E-state index in [0.717, 1.165) is 6.42 Å². The SMILES string of the molecule is C1=CCC=C1.C=O.C=O.C=O.C=O.[V]. The molecule has 1 aliphatic carbocycles. The number of carbonyl (C=O) groups excluding carboxylic acids is 4. The van der Waals surface area contributed by atoms with E-state index in [1.807, 2.05) is 27.2 Å². The van der Waals surface area contributed by atoms with Crippen LogP contribution in [0.25, 0.3) is 0 Å². The average Bonchev–Trinajstić information content (AvgIpc) is 2.87. The first-order chi connectivity index (χ1) is 6.50. The van der Waals surface area contributed by atoms with Crippen molar-refractivity contribution < 1.29 is 37.7 Å². The predicted molar refractivity (Wildman–Crippen MR) is 51.4 cm³/mol. The van der Waals surface area contributed by atoms with Crippen LogP contribution in [0.1, 0.15) is 6.42 Å². The van der Waals surface area contributed by atoms with Crippen LogP contribution in [0.4, 0.5) is 0 Å². The molecule has 0 amide bonds. The van der Waals surface area contributed by atoms with Crippen molar-refractivity contribution in [2.45, 2.75) is 6.42 Å². The Balaban J connectivity index is -0.0000000267. The summed E-state index contributed by atoms with van der Waals surface area (Å²) < 4.78 is 0. The van der Waals surface area contributed by atoms with Gasteiger partial charge in [-0.3, -0.25) is 0 Å². The monoisotopic (exact) mass is 237 g/mol. The maximum Gasteiger partial charge on any atom is 0.106 e. The Kier molecular flexibility index (Phi) is 202. The average molecular weight is 237 g/mol. The molecule has 0 saturated heterocycles. The molecule has 0 unspecified atom stereocenters. The molecule has 1 rings (SSSR count). The fourth-order valence-corrected chi connectivity index (χ4v) is 0.393. The van der Waals surface area contributed by atoms with Gasteiger partial charge in [0.15, 0.2) is 0 Å². The van der Waals surface area contributed by atoms with Crippen LogP contribution in [0.3, 0.4) is 0 Å². The third-order valence-corrected chi connectivity index (χ3v) is 0.655. The van der Waals surface area contributed by atoms with Gasteiger partial charge in [-0.2, -0.15) is 0 Å². The fraction of sp³-hybridized carbons (Fsp3) is 0.111. The Morgan fingerprint density at radius 2 is 0.857 bits per heavy atom. The molecular weight excluding hydrogens is 223 g/mol. The summed E-state index contributed by atoms with van der Waals surface area (Å²) in [6, 6.07) is 0. The van der Waals surface area contributed by atoms with Crippen molar-refractivity contribution in [1.82, 2.24) is 0 Å². The van der Waals surface area contributed by atoms with Crippen molar-refractivity contribution in [1.29, 1.82) is 0 Å². The Morgan fingerprint density at radius 1 is 0.643 bits per heavy atom. The van der Waals surface area contributed by atoms with E-state index in [-0.39, 0.29) is 18.6 Å². The molecule has 0 fully saturated rings. The van der Waals surface area contributed by atoms with Gasteiger partial charge in [-0.15, -0.1) is 0 Å².